The number of aromatic nitrogens is 2. The van der Waals surface area contributed by atoms with E-state index in [1.807, 2.05) is 12.3 Å². The van der Waals surface area contributed by atoms with Gasteiger partial charge < -0.3 is 5.32 Å². The van der Waals surface area contributed by atoms with Crippen LogP contribution in [0.1, 0.15) is 17.8 Å². The van der Waals surface area contributed by atoms with E-state index in [4.69, 9.17) is 0 Å². The van der Waals surface area contributed by atoms with Crippen LogP contribution >= 0.6 is 11.3 Å². The van der Waals surface area contributed by atoms with E-state index < -0.39 is 10.0 Å². The highest BCUT2D eigenvalue weighted by Crippen LogP contribution is 2.20. The zero-order chi connectivity index (χ0) is 14.6. The molecule has 0 aliphatic heterocycles. The van der Waals surface area contributed by atoms with Gasteiger partial charge >= 0.3 is 0 Å². The van der Waals surface area contributed by atoms with Gasteiger partial charge in [0.1, 0.15) is 4.90 Å². The summed E-state index contributed by atoms with van der Waals surface area (Å²) in [7, 11) is -1.91. The van der Waals surface area contributed by atoms with E-state index >= 15 is 0 Å². The standard InChI is InChI=1S/C12H16N4O2S2/c1-9(12-15-5-6-19-12)7-16-20(17,18)11-8-14-4-3-10(11)13-2/h3-6,8-9,16H,7H2,1-2H3,(H,13,14). The first-order valence-corrected chi connectivity index (χ1v) is 8.41. The molecule has 0 aliphatic carbocycles. The zero-order valence-electron chi connectivity index (χ0n) is 11.2. The molecule has 0 bridgehead atoms. The fraction of sp³-hybridized carbons (Fsp3) is 0.333. The van der Waals surface area contributed by atoms with Gasteiger partial charge in [0.2, 0.25) is 10.0 Å². The number of rotatable bonds is 6. The molecule has 8 heteroatoms. The van der Waals surface area contributed by atoms with Gasteiger partial charge in [0.05, 0.1) is 10.7 Å². The van der Waals surface area contributed by atoms with E-state index in [2.05, 4.69) is 20.0 Å². The predicted octanol–water partition coefficient (Wildman–Crippen LogP) is 1.66. The van der Waals surface area contributed by atoms with E-state index in [1.54, 1.807) is 25.5 Å². The molecule has 1 unspecified atom stereocenters. The molecule has 2 N–H and O–H groups in total. The monoisotopic (exact) mass is 312 g/mol. The summed E-state index contributed by atoms with van der Waals surface area (Å²) in [6.07, 6.45) is 4.59. The second kappa shape index (κ2) is 6.29. The van der Waals surface area contributed by atoms with Gasteiger partial charge in [-0.1, -0.05) is 6.92 Å². The largest absolute Gasteiger partial charge is 0.387 e. The Morgan fingerprint density at radius 1 is 1.40 bits per heavy atom. The third-order valence-corrected chi connectivity index (χ3v) is 5.25. The molecule has 2 rings (SSSR count). The van der Waals surface area contributed by atoms with Crippen LogP contribution < -0.4 is 10.0 Å². The number of nitrogens with one attached hydrogen (secondary N) is 2. The van der Waals surface area contributed by atoms with Crippen molar-refractivity contribution in [1.29, 1.82) is 0 Å². The number of hydrogen-bond acceptors (Lipinski definition) is 6. The van der Waals surface area contributed by atoms with Crippen LogP contribution in [0, 0.1) is 0 Å². The van der Waals surface area contributed by atoms with Crippen LogP contribution in [0.25, 0.3) is 0 Å². The Balaban J connectivity index is 2.12. The molecular formula is C12H16N4O2S2. The van der Waals surface area contributed by atoms with Crippen molar-refractivity contribution in [2.24, 2.45) is 0 Å². The van der Waals surface area contributed by atoms with Gasteiger partial charge in [0.15, 0.2) is 0 Å². The number of hydrogen-bond donors (Lipinski definition) is 2. The summed E-state index contributed by atoms with van der Waals surface area (Å²) in [5, 5.41) is 5.63. The average molecular weight is 312 g/mol. The van der Waals surface area contributed by atoms with Crippen molar-refractivity contribution in [3.63, 3.8) is 0 Å². The van der Waals surface area contributed by atoms with Crippen molar-refractivity contribution in [2.75, 3.05) is 18.9 Å². The van der Waals surface area contributed by atoms with E-state index in [9.17, 15) is 8.42 Å². The zero-order valence-corrected chi connectivity index (χ0v) is 12.8. The van der Waals surface area contributed by atoms with E-state index in [1.165, 1.54) is 17.5 Å². The predicted molar refractivity (Wildman–Crippen MR) is 79.5 cm³/mol. The quantitative estimate of drug-likeness (QED) is 0.847. The summed E-state index contributed by atoms with van der Waals surface area (Å²) >= 11 is 1.51. The van der Waals surface area contributed by atoms with Crippen molar-refractivity contribution >= 4 is 27.0 Å². The molecule has 0 aromatic carbocycles. The van der Waals surface area contributed by atoms with Gasteiger partial charge in [-0.2, -0.15) is 0 Å². The SMILES string of the molecule is CNc1ccncc1S(=O)(=O)NCC(C)c1nccs1. The maximum Gasteiger partial charge on any atom is 0.244 e. The summed E-state index contributed by atoms with van der Waals surface area (Å²) in [5.41, 5.74) is 0.523. The first kappa shape index (κ1) is 14.9. The Morgan fingerprint density at radius 3 is 2.85 bits per heavy atom. The number of anilines is 1. The first-order chi connectivity index (χ1) is 9.54. The molecule has 0 spiro atoms. The van der Waals surface area contributed by atoms with Crippen molar-refractivity contribution in [3.05, 3.63) is 35.0 Å². The molecule has 0 fully saturated rings. The summed E-state index contributed by atoms with van der Waals surface area (Å²) in [6, 6.07) is 1.62. The molecule has 0 amide bonds. The Hall–Kier alpha value is -1.51. The smallest absolute Gasteiger partial charge is 0.244 e. The van der Waals surface area contributed by atoms with Gasteiger partial charge in [-0.3, -0.25) is 4.98 Å². The molecule has 0 radical (unpaired) electrons. The van der Waals surface area contributed by atoms with Crippen LogP contribution in [-0.4, -0.2) is 32.0 Å². The molecule has 20 heavy (non-hydrogen) atoms. The second-order valence-corrected chi connectivity index (χ2v) is 6.91. The Bertz CT molecular complexity index is 656. The molecule has 6 nitrogen and oxygen atoms in total. The minimum absolute atomic E-state index is 0.0273. The fourth-order valence-electron chi connectivity index (χ4n) is 1.68. The maximum atomic E-state index is 12.3. The van der Waals surface area contributed by atoms with Crippen LogP contribution in [0.2, 0.25) is 0 Å². The number of pyridine rings is 1. The van der Waals surface area contributed by atoms with Crippen molar-refractivity contribution in [2.45, 2.75) is 17.7 Å². The van der Waals surface area contributed by atoms with Gasteiger partial charge in [-0.05, 0) is 6.07 Å². The molecule has 2 heterocycles. The lowest BCUT2D eigenvalue weighted by Crippen LogP contribution is -2.28. The third-order valence-electron chi connectivity index (χ3n) is 2.80. The van der Waals surface area contributed by atoms with Crippen LogP contribution in [0.4, 0.5) is 5.69 Å². The van der Waals surface area contributed by atoms with Crippen molar-refractivity contribution < 1.29 is 8.42 Å². The molecule has 0 saturated carbocycles. The first-order valence-electron chi connectivity index (χ1n) is 6.05. The van der Waals surface area contributed by atoms with Gasteiger partial charge in [0, 0.05) is 43.5 Å². The Morgan fingerprint density at radius 2 is 2.20 bits per heavy atom. The normalized spacial score (nSPS) is 13.1. The van der Waals surface area contributed by atoms with Crippen LogP contribution in [-0.2, 0) is 10.0 Å². The molecule has 1 atom stereocenters. The van der Waals surface area contributed by atoms with Gasteiger partial charge in [0.25, 0.3) is 0 Å². The fourth-order valence-corrected chi connectivity index (χ4v) is 3.66. The highest BCUT2D eigenvalue weighted by Gasteiger charge is 2.20. The van der Waals surface area contributed by atoms with Crippen molar-refractivity contribution in [1.82, 2.24) is 14.7 Å². The minimum Gasteiger partial charge on any atom is -0.387 e. The van der Waals surface area contributed by atoms with E-state index in [0.29, 0.717) is 12.2 Å². The molecule has 0 saturated heterocycles. The molecular weight excluding hydrogens is 296 g/mol. The Kier molecular flexibility index (Phi) is 4.69. The lowest BCUT2D eigenvalue weighted by atomic mass is 10.2. The third kappa shape index (κ3) is 3.33. The lowest BCUT2D eigenvalue weighted by molar-refractivity contribution is 0.574. The minimum atomic E-state index is -3.59. The number of thiazole rings is 1. The summed E-state index contributed by atoms with van der Waals surface area (Å²) in [5.74, 6) is 0.0273. The number of nitrogens with zero attached hydrogens (tertiary/aromatic N) is 2. The highest BCUT2D eigenvalue weighted by molar-refractivity contribution is 7.89. The molecule has 2 aromatic heterocycles. The lowest BCUT2D eigenvalue weighted by Gasteiger charge is -2.13. The van der Waals surface area contributed by atoms with Gasteiger partial charge in [-0.15, -0.1) is 11.3 Å². The summed E-state index contributed by atoms with van der Waals surface area (Å²) in [4.78, 5) is 8.20. The van der Waals surface area contributed by atoms with Crippen LogP contribution in [0.15, 0.2) is 34.9 Å². The Labute approximate surface area is 122 Å². The van der Waals surface area contributed by atoms with Crippen LogP contribution in [0.5, 0.6) is 0 Å². The molecule has 2 aromatic rings. The summed E-state index contributed by atoms with van der Waals surface area (Å²) < 4.78 is 27.2. The van der Waals surface area contributed by atoms with Crippen molar-refractivity contribution in [3.8, 4) is 0 Å². The highest BCUT2D eigenvalue weighted by atomic mass is 32.2. The van der Waals surface area contributed by atoms with E-state index in [0.717, 1.165) is 5.01 Å². The summed E-state index contributed by atoms with van der Waals surface area (Å²) in [6.45, 7) is 2.23. The maximum absolute atomic E-state index is 12.3. The second-order valence-electron chi connectivity index (χ2n) is 4.25. The topological polar surface area (TPSA) is 84.0 Å². The molecule has 0 aliphatic rings. The number of sulfonamides is 1. The average Bonchev–Trinajstić information content (AvgIpc) is 2.99. The van der Waals surface area contributed by atoms with Gasteiger partial charge in [-0.25, -0.2) is 18.1 Å². The molecule has 108 valence electrons. The van der Waals surface area contributed by atoms with E-state index in [-0.39, 0.29) is 10.8 Å². The van der Waals surface area contributed by atoms with Crippen LogP contribution in [0.3, 0.4) is 0 Å².